The fraction of sp³-hybridized carbons (Fsp3) is 0.333. The third kappa shape index (κ3) is 3.30. The van der Waals surface area contributed by atoms with Gasteiger partial charge in [-0.25, -0.2) is 9.48 Å². The fourth-order valence-electron chi connectivity index (χ4n) is 2.99. The Hall–Kier alpha value is -3.16. The number of carbonyl (C=O) groups excluding carboxylic acids is 2. The number of para-hydroxylation sites is 1. The lowest BCUT2D eigenvalue weighted by Gasteiger charge is -2.21. The number of aromatic carboxylic acids is 1. The molecule has 1 fully saturated rings. The maximum Gasteiger partial charge on any atom is 0.356 e. The number of rotatable bonds is 5. The Labute approximate surface area is 150 Å². The van der Waals surface area contributed by atoms with Crippen LogP contribution < -0.4 is 5.32 Å². The molecule has 0 radical (unpaired) electrons. The van der Waals surface area contributed by atoms with Crippen molar-refractivity contribution in [3.05, 3.63) is 47.8 Å². The van der Waals surface area contributed by atoms with Crippen LogP contribution in [-0.2, 0) is 4.79 Å². The number of carboxylic acids is 1. The summed E-state index contributed by atoms with van der Waals surface area (Å²) in [5, 5.41) is 15.9. The second-order valence-corrected chi connectivity index (χ2v) is 6.41. The smallest absolute Gasteiger partial charge is 0.356 e. The number of nitrogens with zero attached hydrogens (tertiary/aromatic N) is 3. The molecule has 8 heteroatoms. The molecule has 2 N–H and O–H groups in total. The van der Waals surface area contributed by atoms with Crippen LogP contribution in [0.15, 0.2) is 36.4 Å². The molecule has 1 aliphatic heterocycles. The van der Waals surface area contributed by atoms with E-state index in [1.54, 1.807) is 29.2 Å². The van der Waals surface area contributed by atoms with Crippen LogP contribution in [0.1, 0.15) is 41.2 Å². The van der Waals surface area contributed by atoms with Gasteiger partial charge in [0.1, 0.15) is 11.7 Å². The summed E-state index contributed by atoms with van der Waals surface area (Å²) >= 11 is 0. The molecule has 136 valence electrons. The predicted octanol–water partition coefficient (Wildman–Crippen LogP) is 1.31. The Balaban J connectivity index is 1.88. The summed E-state index contributed by atoms with van der Waals surface area (Å²) in [6, 6.07) is 9.44. The van der Waals surface area contributed by atoms with Crippen LogP contribution in [0.25, 0.3) is 5.69 Å². The first-order valence-corrected chi connectivity index (χ1v) is 8.38. The average molecular weight is 356 g/mol. The molecule has 1 aromatic heterocycles. The van der Waals surface area contributed by atoms with E-state index < -0.39 is 17.9 Å². The molecule has 1 aromatic carbocycles. The van der Waals surface area contributed by atoms with Crippen molar-refractivity contribution >= 4 is 17.8 Å². The van der Waals surface area contributed by atoms with Crippen LogP contribution in [0, 0.1) is 0 Å². The molecule has 0 bridgehead atoms. The summed E-state index contributed by atoms with van der Waals surface area (Å²) in [6.07, 6.45) is 0.522. The van der Waals surface area contributed by atoms with Gasteiger partial charge in [-0.15, -0.1) is 0 Å². The number of hydrogen-bond acceptors (Lipinski definition) is 4. The van der Waals surface area contributed by atoms with E-state index >= 15 is 0 Å². The first-order valence-electron chi connectivity index (χ1n) is 8.38. The van der Waals surface area contributed by atoms with Gasteiger partial charge in [-0.05, 0) is 32.4 Å². The van der Waals surface area contributed by atoms with Crippen molar-refractivity contribution in [3.8, 4) is 5.69 Å². The topological polar surface area (TPSA) is 105 Å². The summed E-state index contributed by atoms with van der Waals surface area (Å²) < 4.78 is 1.28. The number of carbonyl (C=O) groups is 3. The predicted molar refractivity (Wildman–Crippen MR) is 93.2 cm³/mol. The van der Waals surface area contributed by atoms with Crippen LogP contribution in [0.2, 0.25) is 0 Å². The van der Waals surface area contributed by atoms with E-state index in [0.29, 0.717) is 18.7 Å². The molecule has 2 aromatic rings. The van der Waals surface area contributed by atoms with Gasteiger partial charge in [0.05, 0.1) is 5.69 Å². The maximum atomic E-state index is 12.7. The normalized spacial score (nSPS) is 17.0. The molecule has 2 heterocycles. The molecular weight excluding hydrogens is 336 g/mol. The molecule has 26 heavy (non-hydrogen) atoms. The number of benzene rings is 1. The number of hydrogen-bond donors (Lipinski definition) is 2. The van der Waals surface area contributed by atoms with Crippen LogP contribution in [0.5, 0.6) is 0 Å². The molecule has 0 saturated carbocycles. The standard InChI is InChI=1S/C18H20N4O4/c1-11(2)21-9-8-13(17(21)24)19-16(23)15-10-14(18(25)26)20-22(15)12-6-4-3-5-7-12/h3-7,10-11,13H,8-9H2,1-2H3,(H,19,23)(H,25,26). The minimum absolute atomic E-state index is 0.0675. The monoisotopic (exact) mass is 356 g/mol. The second-order valence-electron chi connectivity index (χ2n) is 6.41. The van der Waals surface area contributed by atoms with Gasteiger partial charge in [0, 0.05) is 18.7 Å². The SMILES string of the molecule is CC(C)N1CCC(NC(=O)c2cc(C(=O)O)nn2-c2ccccc2)C1=O. The Bertz CT molecular complexity index is 844. The van der Waals surface area contributed by atoms with Crippen molar-refractivity contribution in [2.45, 2.75) is 32.4 Å². The second kappa shape index (κ2) is 6.99. The minimum atomic E-state index is -1.23. The number of carboxylic acid groups (broad SMARTS) is 1. The van der Waals surface area contributed by atoms with Gasteiger partial charge >= 0.3 is 5.97 Å². The summed E-state index contributed by atoms with van der Waals surface area (Å²) in [5.74, 6) is -1.88. The van der Waals surface area contributed by atoms with Gasteiger partial charge in [-0.3, -0.25) is 9.59 Å². The van der Waals surface area contributed by atoms with Gasteiger partial charge < -0.3 is 15.3 Å². The number of nitrogens with one attached hydrogen (secondary N) is 1. The number of aromatic nitrogens is 2. The Morgan fingerprint density at radius 2 is 1.96 bits per heavy atom. The quantitative estimate of drug-likeness (QED) is 0.840. The Morgan fingerprint density at radius 1 is 1.27 bits per heavy atom. The summed E-state index contributed by atoms with van der Waals surface area (Å²) in [5.41, 5.74) is 0.400. The lowest BCUT2D eigenvalue weighted by atomic mass is 10.2. The van der Waals surface area contributed by atoms with E-state index in [1.807, 2.05) is 19.9 Å². The van der Waals surface area contributed by atoms with Crippen molar-refractivity contribution in [1.82, 2.24) is 20.0 Å². The highest BCUT2D eigenvalue weighted by molar-refractivity contribution is 5.99. The van der Waals surface area contributed by atoms with E-state index in [0.717, 1.165) is 0 Å². The van der Waals surface area contributed by atoms with Crippen LogP contribution in [0.3, 0.4) is 0 Å². The van der Waals surface area contributed by atoms with E-state index in [2.05, 4.69) is 10.4 Å². The van der Waals surface area contributed by atoms with Crippen molar-refractivity contribution in [2.24, 2.45) is 0 Å². The summed E-state index contributed by atoms with van der Waals surface area (Å²) in [7, 11) is 0. The highest BCUT2D eigenvalue weighted by Crippen LogP contribution is 2.17. The first kappa shape index (κ1) is 17.7. The van der Waals surface area contributed by atoms with E-state index in [9.17, 15) is 19.5 Å². The van der Waals surface area contributed by atoms with Crippen LogP contribution >= 0.6 is 0 Å². The van der Waals surface area contributed by atoms with Gasteiger partial charge in [-0.2, -0.15) is 5.10 Å². The average Bonchev–Trinajstić information content (AvgIpc) is 3.20. The highest BCUT2D eigenvalue weighted by atomic mass is 16.4. The fourth-order valence-corrected chi connectivity index (χ4v) is 2.99. The van der Waals surface area contributed by atoms with Gasteiger partial charge in [-0.1, -0.05) is 18.2 Å². The van der Waals surface area contributed by atoms with Crippen LogP contribution in [-0.4, -0.2) is 56.2 Å². The maximum absolute atomic E-state index is 12.7. The van der Waals surface area contributed by atoms with Gasteiger partial charge in [0.15, 0.2) is 5.69 Å². The molecule has 0 spiro atoms. The third-order valence-electron chi connectivity index (χ3n) is 4.33. The zero-order valence-corrected chi connectivity index (χ0v) is 14.5. The molecule has 1 saturated heterocycles. The van der Waals surface area contributed by atoms with Gasteiger partial charge in [0.25, 0.3) is 5.91 Å². The molecule has 3 rings (SSSR count). The van der Waals surface area contributed by atoms with E-state index in [1.165, 1.54) is 10.7 Å². The minimum Gasteiger partial charge on any atom is -0.476 e. The zero-order valence-electron chi connectivity index (χ0n) is 14.5. The molecular formula is C18H20N4O4. The number of amides is 2. The third-order valence-corrected chi connectivity index (χ3v) is 4.33. The largest absolute Gasteiger partial charge is 0.476 e. The van der Waals surface area contributed by atoms with E-state index in [4.69, 9.17) is 0 Å². The van der Waals surface area contributed by atoms with Crippen molar-refractivity contribution in [2.75, 3.05) is 6.54 Å². The highest BCUT2D eigenvalue weighted by Gasteiger charge is 2.35. The molecule has 2 amide bonds. The molecule has 0 aliphatic carbocycles. The van der Waals surface area contributed by atoms with Crippen LogP contribution in [0.4, 0.5) is 0 Å². The Kier molecular flexibility index (Phi) is 4.75. The van der Waals surface area contributed by atoms with Crippen molar-refractivity contribution < 1.29 is 19.5 Å². The summed E-state index contributed by atoms with van der Waals surface area (Å²) in [6.45, 7) is 4.43. The van der Waals surface area contributed by atoms with Gasteiger partial charge in [0.2, 0.25) is 5.91 Å². The molecule has 1 atom stereocenters. The molecule has 1 unspecified atom stereocenters. The number of likely N-dealkylation sites (tertiary alicyclic amines) is 1. The molecule has 1 aliphatic rings. The zero-order chi connectivity index (χ0) is 18.8. The molecule has 8 nitrogen and oxygen atoms in total. The van der Waals surface area contributed by atoms with E-state index in [-0.39, 0.29) is 23.3 Å². The Morgan fingerprint density at radius 3 is 2.54 bits per heavy atom. The summed E-state index contributed by atoms with van der Waals surface area (Å²) in [4.78, 5) is 38.1. The first-order chi connectivity index (χ1) is 12.4. The lowest BCUT2D eigenvalue weighted by Crippen LogP contribution is -2.43. The van der Waals surface area contributed by atoms with Crippen molar-refractivity contribution in [3.63, 3.8) is 0 Å². The van der Waals surface area contributed by atoms with Crippen molar-refractivity contribution in [1.29, 1.82) is 0 Å². The lowest BCUT2D eigenvalue weighted by molar-refractivity contribution is -0.130.